The van der Waals surface area contributed by atoms with Crippen LogP contribution in [0.5, 0.6) is 0 Å². The first-order chi connectivity index (χ1) is 11.7. The van der Waals surface area contributed by atoms with E-state index in [1.54, 1.807) is 0 Å². The molecule has 2 rings (SSSR count). The predicted octanol–water partition coefficient (Wildman–Crippen LogP) is 7.53. The highest BCUT2D eigenvalue weighted by atomic mass is 16.5. The van der Waals surface area contributed by atoms with E-state index in [1.165, 1.54) is 96.3 Å². The summed E-state index contributed by atoms with van der Waals surface area (Å²) >= 11 is 0. The molecule has 0 bridgehead atoms. The van der Waals surface area contributed by atoms with Crippen molar-refractivity contribution in [2.75, 3.05) is 6.61 Å². The normalized spacial score (nSPS) is 34.4. The molecule has 2 fully saturated rings. The van der Waals surface area contributed by atoms with Gasteiger partial charge in [0.1, 0.15) is 0 Å². The fourth-order valence-corrected chi connectivity index (χ4v) is 5.64. The number of ether oxygens (including phenoxy) is 1. The van der Waals surface area contributed by atoms with Crippen LogP contribution >= 0.6 is 0 Å². The van der Waals surface area contributed by atoms with Gasteiger partial charge in [-0.15, -0.1) is 0 Å². The van der Waals surface area contributed by atoms with E-state index in [0.717, 1.165) is 24.4 Å². The molecule has 0 aromatic heterocycles. The topological polar surface area (TPSA) is 9.23 Å². The molecule has 0 aromatic carbocycles. The lowest BCUT2D eigenvalue weighted by Crippen LogP contribution is -2.39. The third-order valence-corrected chi connectivity index (χ3v) is 7.13. The van der Waals surface area contributed by atoms with E-state index in [2.05, 4.69) is 20.8 Å². The first-order valence-corrected chi connectivity index (χ1v) is 11.4. The highest BCUT2D eigenvalue weighted by Crippen LogP contribution is 2.45. The van der Waals surface area contributed by atoms with Crippen LogP contribution in [0.2, 0.25) is 0 Å². The van der Waals surface area contributed by atoms with Crippen molar-refractivity contribution in [3.05, 3.63) is 0 Å². The van der Waals surface area contributed by atoms with Gasteiger partial charge in [-0.05, 0) is 69.6 Å². The Morgan fingerprint density at radius 1 is 0.750 bits per heavy atom. The molecule has 24 heavy (non-hydrogen) atoms. The summed E-state index contributed by atoms with van der Waals surface area (Å²) in [6, 6.07) is 0. The van der Waals surface area contributed by atoms with Crippen molar-refractivity contribution in [1.82, 2.24) is 0 Å². The van der Waals surface area contributed by atoms with E-state index in [0.29, 0.717) is 0 Å². The maximum Gasteiger partial charge on any atom is 0.0682 e. The maximum atomic E-state index is 6.34. The van der Waals surface area contributed by atoms with Crippen LogP contribution in [0, 0.1) is 17.8 Å². The van der Waals surface area contributed by atoms with Crippen molar-refractivity contribution in [3.8, 4) is 0 Å². The Morgan fingerprint density at radius 2 is 1.42 bits per heavy atom. The SMILES string of the molecule is CCCCCC[C@]1(OCC)CC[C@@H](C2CCC(CCC)CC2)CC1. The van der Waals surface area contributed by atoms with Gasteiger partial charge < -0.3 is 4.74 Å². The molecule has 2 aliphatic carbocycles. The van der Waals surface area contributed by atoms with Crippen molar-refractivity contribution in [1.29, 1.82) is 0 Å². The summed E-state index contributed by atoms with van der Waals surface area (Å²) in [5.41, 5.74) is 0.248. The summed E-state index contributed by atoms with van der Waals surface area (Å²) < 4.78 is 6.34. The lowest BCUT2D eigenvalue weighted by atomic mass is 9.67. The second-order valence-electron chi connectivity index (χ2n) is 8.83. The van der Waals surface area contributed by atoms with Gasteiger partial charge in [0.05, 0.1) is 5.60 Å². The minimum Gasteiger partial charge on any atom is -0.375 e. The zero-order valence-electron chi connectivity index (χ0n) is 17.0. The molecule has 2 saturated carbocycles. The number of rotatable bonds is 10. The molecule has 0 aliphatic heterocycles. The summed E-state index contributed by atoms with van der Waals surface area (Å²) in [6.45, 7) is 7.75. The lowest BCUT2D eigenvalue weighted by Gasteiger charge is -2.44. The van der Waals surface area contributed by atoms with Crippen molar-refractivity contribution in [2.45, 2.75) is 123 Å². The smallest absolute Gasteiger partial charge is 0.0682 e. The Hall–Kier alpha value is -0.0400. The summed E-state index contributed by atoms with van der Waals surface area (Å²) in [7, 11) is 0. The van der Waals surface area contributed by atoms with Gasteiger partial charge in [-0.1, -0.05) is 65.2 Å². The van der Waals surface area contributed by atoms with Crippen LogP contribution in [0.3, 0.4) is 0 Å². The van der Waals surface area contributed by atoms with E-state index in [1.807, 2.05) is 0 Å². The van der Waals surface area contributed by atoms with Crippen molar-refractivity contribution in [3.63, 3.8) is 0 Å². The molecule has 0 aromatic rings. The fourth-order valence-electron chi connectivity index (χ4n) is 5.64. The van der Waals surface area contributed by atoms with E-state index in [4.69, 9.17) is 4.74 Å². The molecule has 0 spiro atoms. The first-order valence-electron chi connectivity index (χ1n) is 11.4. The van der Waals surface area contributed by atoms with Gasteiger partial charge in [0, 0.05) is 6.61 Å². The van der Waals surface area contributed by atoms with Crippen LogP contribution in [0.15, 0.2) is 0 Å². The predicted molar refractivity (Wildman–Crippen MR) is 105 cm³/mol. The van der Waals surface area contributed by atoms with E-state index in [9.17, 15) is 0 Å². The molecule has 0 amide bonds. The van der Waals surface area contributed by atoms with E-state index < -0.39 is 0 Å². The number of hydrogen-bond donors (Lipinski definition) is 0. The largest absolute Gasteiger partial charge is 0.375 e. The average Bonchev–Trinajstić information content (AvgIpc) is 2.61. The highest BCUT2D eigenvalue weighted by Gasteiger charge is 2.38. The number of unbranched alkanes of at least 4 members (excludes halogenated alkanes) is 3. The zero-order chi connectivity index (χ0) is 17.3. The second-order valence-corrected chi connectivity index (χ2v) is 8.83. The lowest BCUT2D eigenvalue weighted by molar-refractivity contribution is -0.0855. The Balaban J connectivity index is 1.75. The molecular formula is C23H44O. The molecular weight excluding hydrogens is 292 g/mol. The standard InChI is InChI=1S/C23H44O/c1-4-7-8-9-17-23(24-6-3)18-15-22(16-19-23)21-13-11-20(10-5-2)12-14-21/h20-22H,4-19H2,1-3H3/t20?,21?,22-,23+. The quantitative estimate of drug-likeness (QED) is 0.375. The van der Waals surface area contributed by atoms with Gasteiger partial charge in [0.2, 0.25) is 0 Å². The van der Waals surface area contributed by atoms with E-state index in [-0.39, 0.29) is 5.60 Å². The fraction of sp³-hybridized carbons (Fsp3) is 1.00. The monoisotopic (exact) mass is 336 g/mol. The summed E-state index contributed by atoms with van der Waals surface area (Å²) in [5.74, 6) is 3.10. The molecule has 0 atom stereocenters. The van der Waals surface area contributed by atoms with Gasteiger partial charge in [-0.25, -0.2) is 0 Å². The average molecular weight is 337 g/mol. The van der Waals surface area contributed by atoms with Crippen LogP contribution in [0.4, 0.5) is 0 Å². The van der Waals surface area contributed by atoms with Crippen molar-refractivity contribution in [2.24, 2.45) is 17.8 Å². The Labute approximate surface area is 152 Å². The second kappa shape index (κ2) is 10.8. The Kier molecular flexibility index (Phi) is 9.16. The molecule has 0 radical (unpaired) electrons. The zero-order valence-corrected chi connectivity index (χ0v) is 17.0. The van der Waals surface area contributed by atoms with Gasteiger partial charge in [-0.2, -0.15) is 0 Å². The van der Waals surface area contributed by atoms with E-state index >= 15 is 0 Å². The number of hydrogen-bond acceptors (Lipinski definition) is 1. The first kappa shape index (κ1) is 20.3. The Morgan fingerprint density at radius 3 is 2.00 bits per heavy atom. The third-order valence-electron chi connectivity index (χ3n) is 7.13. The molecule has 1 nitrogen and oxygen atoms in total. The van der Waals surface area contributed by atoms with Gasteiger partial charge >= 0.3 is 0 Å². The minimum atomic E-state index is 0.248. The van der Waals surface area contributed by atoms with Crippen LogP contribution in [-0.2, 0) is 4.74 Å². The third kappa shape index (κ3) is 6.04. The molecule has 0 N–H and O–H groups in total. The summed E-state index contributed by atoms with van der Waals surface area (Å²) in [4.78, 5) is 0. The summed E-state index contributed by atoms with van der Waals surface area (Å²) in [5, 5.41) is 0. The Bertz CT molecular complexity index is 308. The van der Waals surface area contributed by atoms with Gasteiger partial charge in [-0.3, -0.25) is 0 Å². The molecule has 142 valence electrons. The van der Waals surface area contributed by atoms with Crippen LogP contribution in [-0.4, -0.2) is 12.2 Å². The molecule has 1 heteroatoms. The molecule has 0 heterocycles. The van der Waals surface area contributed by atoms with Gasteiger partial charge in [0.25, 0.3) is 0 Å². The highest BCUT2D eigenvalue weighted by molar-refractivity contribution is 4.90. The summed E-state index contributed by atoms with van der Waals surface area (Å²) in [6.07, 6.45) is 21.3. The van der Waals surface area contributed by atoms with Crippen LogP contribution in [0.1, 0.15) is 117 Å². The van der Waals surface area contributed by atoms with Crippen molar-refractivity contribution < 1.29 is 4.74 Å². The molecule has 0 unspecified atom stereocenters. The molecule has 2 aliphatic rings. The maximum absolute atomic E-state index is 6.34. The van der Waals surface area contributed by atoms with Crippen LogP contribution < -0.4 is 0 Å². The van der Waals surface area contributed by atoms with Crippen LogP contribution in [0.25, 0.3) is 0 Å². The molecule has 0 saturated heterocycles. The van der Waals surface area contributed by atoms with Gasteiger partial charge in [0.15, 0.2) is 0 Å². The minimum absolute atomic E-state index is 0.248. The van der Waals surface area contributed by atoms with Crippen molar-refractivity contribution >= 4 is 0 Å².